The minimum absolute atomic E-state index is 0.0960. The maximum atomic E-state index is 12.1. The number of carbonyl (C=O) groups excluding carboxylic acids is 1. The lowest BCUT2D eigenvalue weighted by Crippen LogP contribution is -2.41. The fourth-order valence-corrected chi connectivity index (χ4v) is 2.96. The molecule has 2 N–H and O–H groups in total. The number of rotatable bonds is 5. The van der Waals surface area contributed by atoms with Gasteiger partial charge in [-0.3, -0.25) is 4.79 Å². The Hall–Kier alpha value is -1.07. The van der Waals surface area contributed by atoms with Crippen molar-refractivity contribution in [3.8, 4) is 5.75 Å². The molecule has 1 saturated carbocycles. The van der Waals surface area contributed by atoms with E-state index in [1.165, 1.54) is 12.8 Å². The van der Waals surface area contributed by atoms with Crippen LogP contribution >= 0.6 is 15.9 Å². The highest BCUT2D eigenvalue weighted by molar-refractivity contribution is 9.10. The first-order chi connectivity index (χ1) is 9.97. The molecule has 0 aromatic heterocycles. The van der Waals surface area contributed by atoms with Gasteiger partial charge in [0.15, 0.2) is 6.10 Å². The summed E-state index contributed by atoms with van der Waals surface area (Å²) in [5.74, 6) is 0.448. The van der Waals surface area contributed by atoms with Crippen molar-refractivity contribution in [1.82, 2.24) is 5.32 Å². The van der Waals surface area contributed by atoms with Gasteiger partial charge in [-0.15, -0.1) is 0 Å². The lowest BCUT2D eigenvalue weighted by atomic mass is 10.1. The molecule has 0 radical (unpaired) electrons. The maximum absolute atomic E-state index is 12.1. The van der Waals surface area contributed by atoms with Crippen LogP contribution in [0.15, 0.2) is 22.7 Å². The molecule has 0 aliphatic heterocycles. The van der Waals surface area contributed by atoms with E-state index in [1.54, 1.807) is 19.9 Å². The monoisotopic (exact) mass is 355 g/mol. The van der Waals surface area contributed by atoms with Crippen LogP contribution in [-0.4, -0.2) is 23.2 Å². The number of ether oxygens (including phenoxy) is 1. The van der Waals surface area contributed by atoms with E-state index >= 15 is 0 Å². The summed E-state index contributed by atoms with van der Waals surface area (Å²) in [5.41, 5.74) is 0.671. The van der Waals surface area contributed by atoms with Crippen molar-refractivity contribution in [1.29, 1.82) is 0 Å². The summed E-state index contributed by atoms with van der Waals surface area (Å²) in [5, 5.41) is 12.8. The normalized spacial score (nSPS) is 18.3. The predicted molar refractivity (Wildman–Crippen MR) is 85.3 cm³/mol. The van der Waals surface area contributed by atoms with E-state index in [0.29, 0.717) is 11.3 Å². The minimum atomic E-state index is -0.650. The Morgan fingerprint density at radius 1 is 1.38 bits per heavy atom. The average molecular weight is 356 g/mol. The number of aliphatic hydroxyl groups is 1. The first-order valence-electron chi connectivity index (χ1n) is 7.42. The van der Waals surface area contributed by atoms with Gasteiger partial charge in [-0.05, 0) is 44.9 Å². The van der Waals surface area contributed by atoms with Gasteiger partial charge in [0.1, 0.15) is 5.75 Å². The molecule has 1 aliphatic rings. The van der Waals surface area contributed by atoms with E-state index in [-0.39, 0.29) is 11.9 Å². The van der Waals surface area contributed by atoms with Crippen LogP contribution in [0.2, 0.25) is 0 Å². The molecule has 116 valence electrons. The van der Waals surface area contributed by atoms with E-state index in [2.05, 4.69) is 21.2 Å². The second-order valence-corrected chi connectivity index (χ2v) is 6.52. The molecule has 21 heavy (non-hydrogen) atoms. The fourth-order valence-electron chi connectivity index (χ4n) is 2.59. The Morgan fingerprint density at radius 2 is 2.05 bits per heavy atom. The Kier molecular flexibility index (Phi) is 5.65. The molecule has 1 aromatic rings. The molecule has 1 amide bonds. The standard InChI is InChI=1S/C16H22BrNO3/c1-10(19)14-9-12(17)7-8-15(14)21-11(2)16(20)18-13-5-3-4-6-13/h7-11,13,19H,3-6H2,1-2H3,(H,18,20)/t10-,11?/m0/s1. The predicted octanol–water partition coefficient (Wildman–Crippen LogP) is 3.33. The number of hydrogen-bond acceptors (Lipinski definition) is 3. The molecule has 1 unspecified atom stereocenters. The van der Waals surface area contributed by atoms with Gasteiger partial charge >= 0.3 is 0 Å². The number of amides is 1. The zero-order valence-electron chi connectivity index (χ0n) is 12.4. The second-order valence-electron chi connectivity index (χ2n) is 5.61. The summed E-state index contributed by atoms with van der Waals surface area (Å²) >= 11 is 3.37. The van der Waals surface area contributed by atoms with Gasteiger partial charge in [0.25, 0.3) is 5.91 Å². The van der Waals surface area contributed by atoms with Gasteiger partial charge in [0, 0.05) is 16.1 Å². The summed E-state index contributed by atoms with van der Waals surface area (Å²) in [4.78, 5) is 12.1. The number of carbonyl (C=O) groups is 1. The van der Waals surface area contributed by atoms with Crippen LogP contribution in [0, 0.1) is 0 Å². The van der Waals surface area contributed by atoms with Gasteiger partial charge in [-0.1, -0.05) is 28.8 Å². The third kappa shape index (κ3) is 4.45. The van der Waals surface area contributed by atoms with Crippen molar-refractivity contribution in [2.75, 3.05) is 0 Å². The van der Waals surface area contributed by atoms with Crippen molar-refractivity contribution >= 4 is 21.8 Å². The topological polar surface area (TPSA) is 58.6 Å². The Labute approximate surface area is 134 Å². The highest BCUT2D eigenvalue weighted by atomic mass is 79.9. The van der Waals surface area contributed by atoms with Crippen LogP contribution in [0.25, 0.3) is 0 Å². The molecule has 5 heteroatoms. The van der Waals surface area contributed by atoms with Gasteiger partial charge in [0.05, 0.1) is 6.10 Å². The highest BCUT2D eigenvalue weighted by Gasteiger charge is 2.22. The Balaban J connectivity index is 2.01. The summed E-state index contributed by atoms with van der Waals surface area (Å²) in [6, 6.07) is 5.69. The van der Waals surface area contributed by atoms with E-state index in [4.69, 9.17) is 4.74 Å². The molecule has 0 saturated heterocycles. The first kappa shape index (κ1) is 16.3. The lowest BCUT2D eigenvalue weighted by Gasteiger charge is -2.20. The van der Waals surface area contributed by atoms with Crippen molar-refractivity contribution in [2.24, 2.45) is 0 Å². The lowest BCUT2D eigenvalue weighted by molar-refractivity contribution is -0.128. The molecule has 1 fully saturated rings. The molecular formula is C16H22BrNO3. The van der Waals surface area contributed by atoms with Gasteiger partial charge in [-0.25, -0.2) is 0 Å². The van der Waals surface area contributed by atoms with E-state index in [1.807, 2.05) is 12.1 Å². The quantitative estimate of drug-likeness (QED) is 0.851. The highest BCUT2D eigenvalue weighted by Crippen LogP contribution is 2.29. The van der Waals surface area contributed by atoms with Crippen LogP contribution in [0.5, 0.6) is 5.75 Å². The van der Waals surface area contributed by atoms with Crippen LogP contribution < -0.4 is 10.1 Å². The van der Waals surface area contributed by atoms with Crippen molar-refractivity contribution < 1.29 is 14.6 Å². The van der Waals surface area contributed by atoms with Gasteiger partial charge in [-0.2, -0.15) is 0 Å². The smallest absolute Gasteiger partial charge is 0.260 e. The number of nitrogens with one attached hydrogen (secondary N) is 1. The molecule has 2 rings (SSSR count). The summed E-state index contributed by atoms with van der Waals surface area (Å²) in [6.07, 6.45) is 3.23. The summed E-state index contributed by atoms with van der Waals surface area (Å²) in [6.45, 7) is 3.41. The van der Waals surface area contributed by atoms with Gasteiger partial charge < -0.3 is 15.2 Å². The van der Waals surface area contributed by atoms with Crippen molar-refractivity contribution in [2.45, 2.75) is 57.8 Å². The van der Waals surface area contributed by atoms with Crippen LogP contribution in [0.1, 0.15) is 51.2 Å². The van der Waals surface area contributed by atoms with Crippen LogP contribution in [0.3, 0.4) is 0 Å². The minimum Gasteiger partial charge on any atom is -0.481 e. The number of hydrogen-bond donors (Lipinski definition) is 2. The molecule has 1 aromatic carbocycles. The summed E-state index contributed by atoms with van der Waals surface area (Å²) < 4.78 is 6.61. The number of aliphatic hydroxyl groups excluding tert-OH is 1. The second kappa shape index (κ2) is 7.27. The fraction of sp³-hybridized carbons (Fsp3) is 0.562. The Morgan fingerprint density at radius 3 is 2.67 bits per heavy atom. The molecular weight excluding hydrogens is 334 g/mol. The van der Waals surface area contributed by atoms with E-state index in [0.717, 1.165) is 17.3 Å². The first-order valence-corrected chi connectivity index (χ1v) is 8.21. The SMILES string of the molecule is CC(Oc1ccc(Br)cc1[C@H](C)O)C(=O)NC1CCCC1. The van der Waals surface area contributed by atoms with Crippen LogP contribution in [0.4, 0.5) is 0 Å². The maximum Gasteiger partial charge on any atom is 0.260 e. The molecule has 2 atom stereocenters. The van der Waals surface area contributed by atoms with Crippen molar-refractivity contribution in [3.05, 3.63) is 28.2 Å². The van der Waals surface area contributed by atoms with E-state index in [9.17, 15) is 9.90 Å². The third-order valence-corrected chi connectivity index (χ3v) is 4.29. The largest absolute Gasteiger partial charge is 0.481 e. The molecule has 0 heterocycles. The molecule has 0 spiro atoms. The molecule has 4 nitrogen and oxygen atoms in total. The average Bonchev–Trinajstić information content (AvgIpc) is 2.93. The van der Waals surface area contributed by atoms with Gasteiger partial charge in [0.2, 0.25) is 0 Å². The third-order valence-electron chi connectivity index (χ3n) is 3.80. The molecule has 1 aliphatic carbocycles. The Bertz CT molecular complexity index is 498. The summed E-state index contributed by atoms with van der Waals surface area (Å²) in [7, 11) is 0. The number of benzene rings is 1. The van der Waals surface area contributed by atoms with Crippen molar-refractivity contribution in [3.63, 3.8) is 0 Å². The zero-order chi connectivity index (χ0) is 15.4. The molecule has 0 bridgehead atoms. The zero-order valence-corrected chi connectivity index (χ0v) is 14.0. The number of halogens is 1. The van der Waals surface area contributed by atoms with Crippen LogP contribution in [-0.2, 0) is 4.79 Å². The van der Waals surface area contributed by atoms with E-state index < -0.39 is 12.2 Å².